The molecule has 1 amide bonds. The molecule has 0 saturated carbocycles. The number of amides is 1. The van der Waals surface area contributed by atoms with Gasteiger partial charge in [0.1, 0.15) is 5.65 Å². The van der Waals surface area contributed by atoms with E-state index in [1.807, 2.05) is 53.9 Å². The fourth-order valence-corrected chi connectivity index (χ4v) is 2.73. The number of aromatic nitrogens is 2. The molecule has 2 heterocycles. The van der Waals surface area contributed by atoms with Crippen LogP contribution in [-0.2, 0) is 4.79 Å². The van der Waals surface area contributed by atoms with Crippen LogP contribution in [0.1, 0.15) is 18.5 Å². The van der Waals surface area contributed by atoms with Crippen molar-refractivity contribution in [1.29, 1.82) is 0 Å². The zero-order chi connectivity index (χ0) is 17.1. The predicted octanol–water partition coefficient (Wildman–Crippen LogP) is 3.64. The predicted molar refractivity (Wildman–Crippen MR) is 97.3 cm³/mol. The summed E-state index contributed by atoms with van der Waals surface area (Å²) in [6.07, 6.45) is 2.99. The van der Waals surface area contributed by atoms with Crippen LogP contribution in [-0.4, -0.2) is 21.8 Å². The van der Waals surface area contributed by atoms with E-state index in [9.17, 15) is 4.79 Å². The van der Waals surface area contributed by atoms with Crippen molar-refractivity contribution >= 4 is 28.8 Å². The number of nitrogens with two attached hydrogens (primary N) is 1. The summed E-state index contributed by atoms with van der Waals surface area (Å²) in [4.78, 5) is 16.5. The van der Waals surface area contributed by atoms with Crippen molar-refractivity contribution in [1.82, 2.24) is 9.38 Å². The molecule has 0 atom stereocenters. The van der Waals surface area contributed by atoms with Crippen LogP contribution in [0.4, 0.5) is 5.69 Å². The Morgan fingerprint density at radius 2 is 2.00 bits per heavy atom. The van der Waals surface area contributed by atoms with Gasteiger partial charge in [-0.05, 0) is 44.2 Å². The van der Waals surface area contributed by atoms with E-state index in [1.54, 1.807) is 0 Å². The van der Waals surface area contributed by atoms with Gasteiger partial charge in [0.05, 0.1) is 11.4 Å². The number of imidazole rings is 1. The average molecular weight is 343 g/mol. The Morgan fingerprint density at radius 3 is 2.71 bits per heavy atom. The van der Waals surface area contributed by atoms with Gasteiger partial charge in [-0.2, -0.15) is 0 Å². The topological polar surface area (TPSA) is 72.4 Å². The van der Waals surface area contributed by atoms with Gasteiger partial charge in [-0.25, -0.2) is 4.98 Å². The molecule has 3 rings (SSSR count). The fraction of sp³-hybridized carbons (Fsp3) is 0.222. The first-order valence-corrected chi connectivity index (χ1v) is 8.21. The van der Waals surface area contributed by atoms with E-state index in [1.165, 1.54) is 0 Å². The Hall–Kier alpha value is -2.37. The SMILES string of the molecule is Cc1c(-c2ccc(Cl)cc2)nc2ccc(NC(=O)CCCN)cn12. The Bertz CT molecular complexity index is 871. The van der Waals surface area contributed by atoms with E-state index in [0.29, 0.717) is 24.4 Å². The first kappa shape index (κ1) is 16.5. The molecule has 124 valence electrons. The lowest BCUT2D eigenvalue weighted by atomic mass is 10.1. The second-order valence-electron chi connectivity index (χ2n) is 5.64. The van der Waals surface area contributed by atoms with Gasteiger partial charge in [0.15, 0.2) is 0 Å². The van der Waals surface area contributed by atoms with Gasteiger partial charge < -0.3 is 15.5 Å². The molecule has 3 aromatic rings. The molecule has 5 nitrogen and oxygen atoms in total. The third-order valence-electron chi connectivity index (χ3n) is 3.87. The minimum absolute atomic E-state index is 0.0320. The van der Waals surface area contributed by atoms with E-state index in [4.69, 9.17) is 17.3 Å². The molecule has 0 aliphatic heterocycles. The highest BCUT2D eigenvalue weighted by molar-refractivity contribution is 6.30. The smallest absolute Gasteiger partial charge is 0.224 e. The van der Waals surface area contributed by atoms with Gasteiger partial charge in [-0.1, -0.05) is 23.7 Å². The highest BCUT2D eigenvalue weighted by Crippen LogP contribution is 2.26. The van der Waals surface area contributed by atoms with Crippen LogP contribution < -0.4 is 11.1 Å². The standard InChI is InChI=1S/C18H19ClN4O/c1-12-18(13-4-6-14(19)7-5-13)22-16-9-8-15(11-23(12)16)21-17(24)3-2-10-20/h4-9,11H,2-3,10,20H2,1H3,(H,21,24). The number of benzene rings is 1. The number of halogens is 1. The molecular weight excluding hydrogens is 324 g/mol. The van der Waals surface area contributed by atoms with Crippen molar-refractivity contribution in [3.05, 3.63) is 53.3 Å². The molecule has 0 spiro atoms. The normalized spacial score (nSPS) is 11.0. The first-order chi connectivity index (χ1) is 11.6. The number of aryl methyl sites for hydroxylation is 1. The second-order valence-corrected chi connectivity index (χ2v) is 6.08. The molecule has 0 bridgehead atoms. The van der Waals surface area contributed by atoms with Gasteiger partial charge in [-0.15, -0.1) is 0 Å². The lowest BCUT2D eigenvalue weighted by Crippen LogP contribution is -2.13. The molecule has 0 aliphatic carbocycles. The minimum Gasteiger partial charge on any atom is -0.330 e. The first-order valence-electron chi connectivity index (χ1n) is 7.83. The summed E-state index contributed by atoms with van der Waals surface area (Å²) in [6, 6.07) is 11.4. The summed E-state index contributed by atoms with van der Waals surface area (Å²) in [5, 5.41) is 3.59. The number of fused-ring (bicyclic) bond motifs is 1. The van der Waals surface area contributed by atoms with Crippen LogP contribution in [0.15, 0.2) is 42.6 Å². The van der Waals surface area contributed by atoms with Crippen LogP contribution in [0.25, 0.3) is 16.9 Å². The van der Waals surface area contributed by atoms with E-state index in [-0.39, 0.29) is 5.91 Å². The molecular formula is C18H19ClN4O. The maximum Gasteiger partial charge on any atom is 0.224 e. The van der Waals surface area contributed by atoms with Crippen molar-refractivity contribution in [2.24, 2.45) is 5.73 Å². The average Bonchev–Trinajstić information content (AvgIpc) is 2.90. The molecule has 0 unspecified atom stereocenters. The number of rotatable bonds is 5. The Labute approximate surface area is 145 Å². The number of hydrogen-bond donors (Lipinski definition) is 2. The van der Waals surface area contributed by atoms with E-state index in [0.717, 1.165) is 28.3 Å². The zero-order valence-corrected chi connectivity index (χ0v) is 14.2. The number of hydrogen-bond acceptors (Lipinski definition) is 3. The molecule has 2 aromatic heterocycles. The number of pyridine rings is 1. The minimum atomic E-state index is -0.0320. The highest BCUT2D eigenvalue weighted by atomic mass is 35.5. The molecule has 0 saturated heterocycles. The van der Waals surface area contributed by atoms with E-state index < -0.39 is 0 Å². The van der Waals surface area contributed by atoms with Crippen LogP contribution in [0.2, 0.25) is 5.02 Å². The molecule has 1 aromatic carbocycles. The van der Waals surface area contributed by atoms with Gasteiger partial charge in [0.25, 0.3) is 0 Å². The Kier molecular flexibility index (Phi) is 4.83. The third kappa shape index (κ3) is 3.42. The molecule has 24 heavy (non-hydrogen) atoms. The molecule has 3 N–H and O–H groups in total. The van der Waals surface area contributed by atoms with Crippen molar-refractivity contribution in [2.45, 2.75) is 19.8 Å². The molecule has 0 radical (unpaired) electrons. The zero-order valence-electron chi connectivity index (χ0n) is 13.4. The monoisotopic (exact) mass is 342 g/mol. The van der Waals surface area contributed by atoms with Gasteiger partial charge in [0, 0.05) is 28.9 Å². The highest BCUT2D eigenvalue weighted by Gasteiger charge is 2.11. The van der Waals surface area contributed by atoms with Crippen LogP contribution in [0, 0.1) is 6.92 Å². The molecule has 6 heteroatoms. The van der Waals surface area contributed by atoms with Crippen LogP contribution >= 0.6 is 11.6 Å². The molecule has 0 fully saturated rings. The lowest BCUT2D eigenvalue weighted by Gasteiger charge is -2.06. The van der Waals surface area contributed by atoms with Gasteiger partial charge in [0.2, 0.25) is 5.91 Å². The summed E-state index contributed by atoms with van der Waals surface area (Å²) in [5.41, 5.74) is 9.92. The Morgan fingerprint density at radius 1 is 1.25 bits per heavy atom. The second kappa shape index (κ2) is 7.03. The summed E-state index contributed by atoms with van der Waals surface area (Å²) < 4.78 is 1.97. The number of nitrogens with zero attached hydrogens (tertiary/aromatic N) is 2. The van der Waals surface area contributed by atoms with Crippen LogP contribution in [0.5, 0.6) is 0 Å². The number of carbonyl (C=O) groups is 1. The Balaban J connectivity index is 1.91. The van der Waals surface area contributed by atoms with Crippen molar-refractivity contribution < 1.29 is 4.79 Å². The quantitative estimate of drug-likeness (QED) is 0.743. The van der Waals surface area contributed by atoms with E-state index >= 15 is 0 Å². The summed E-state index contributed by atoms with van der Waals surface area (Å²) in [5.74, 6) is -0.0320. The maximum absolute atomic E-state index is 11.8. The van der Waals surface area contributed by atoms with Crippen molar-refractivity contribution in [2.75, 3.05) is 11.9 Å². The van der Waals surface area contributed by atoms with E-state index in [2.05, 4.69) is 10.3 Å². The molecule has 0 aliphatic rings. The summed E-state index contributed by atoms with van der Waals surface area (Å²) in [6.45, 7) is 2.52. The number of carbonyl (C=O) groups excluding carboxylic acids is 1. The number of anilines is 1. The van der Waals surface area contributed by atoms with Crippen molar-refractivity contribution in [3.8, 4) is 11.3 Å². The van der Waals surface area contributed by atoms with Crippen LogP contribution in [0.3, 0.4) is 0 Å². The fourth-order valence-electron chi connectivity index (χ4n) is 2.60. The maximum atomic E-state index is 11.8. The van der Waals surface area contributed by atoms with Gasteiger partial charge >= 0.3 is 0 Å². The third-order valence-corrected chi connectivity index (χ3v) is 4.12. The van der Waals surface area contributed by atoms with Gasteiger partial charge in [-0.3, -0.25) is 4.79 Å². The summed E-state index contributed by atoms with van der Waals surface area (Å²) in [7, 11) is 0. The largest absolute Gasteiger partial charge is 0.330 e. The van der Waals surface area contributed by atoms with Crippen molar-refractivity contribution in [3.63, 3.8) is 0 Å². The number of nitrogens with one attached hydrogen (secondary N) is 1. The summed E-state index contributed by atoms with van der Waals surface area (Å²) >= 11 is 5.95. The lowest BCUT2D eigenvalue weighted by molar-refractivity contribution is -0.116.